The van der Waals surface area contributed by atoms with E-state index in [0.717, 1.165) is 5.56 Å². The lowest BCUT2D eigenvalue weighted by Crippen LogP contribution is -2.15. The highest BCUT2D eigenvalue weighted by Gasteiger charge is 2.16. The summed E-state index contributed by atoms with van der Waals surface area (Å²) in [6.07, 6.45) is 1.55. The van der Waals surface area contributed by atoms with Crippen molar-refractivity contribution in [1.82, 2.24) is 24.3 Å². The van der Waals surface area contributed by atoms with Gasteiger partial charge in [0.2, 0.25) is 5.16 Å². The molecule has 0 fully saturated rings. The van der Waals surface area contributed by atoms with E-state index in [1.54, 1.807) is 18.3 Å². The molecule has 3 heterocycles. The van der Waals surface area contributed by atoms with E-state index < -0.39 is 0 Å². The summed E-state index contributed by atoms with van der Waals surface area (Å²) in [6, 6.07) is 13.1. The zero-order chi connectivity index (χ0) is 21.5. The first kappa shape index (κ1) is 20.4. The Hall–Kier alpha value is -2.84. The molecule has 7 nitrogen and oxygen atoms in total. The number of fused-ring (bicyclic) bond motifs is 1. The maximum absolute atomic E-state index is 12.3. The molecule has 0 aliphatic heterocycles. The number of hydrogen-bond donors (Lipinski definition) is 1. The molecule has 0 saturated heterocycles. The van der Waals surface area contributed by atoms with Crippen LogP contribution in [0, 0.1) is 0 Å². The van der Waals surface area contributed by atoms with Gasteiger partial charge in [0.05, 0.1) is 10.7 Å². The van der Waals surface area contributed by atoms with Crippen molar-refractivity contribution in [3.8, 4) is 11.4 Å². The first-order chi connectivity index (χ1) is 14.2. The fourth-order valence-corrected chi connectivity index (χ4v) is 3.94. The summed E-state index contributed by atoms with van der Waals surface area (Å²) in [4.78, 5) is 16.8. The van der Waals surface area contributed by atoms with E-state index >= 15 is 0 Å². The van der Waals surface area contributed by atoms with Gasteiger partial charge in [-0.3, -0.25) is 9.20 Å². The lowest BCUT2D eigenvalue weighted by Gasteiger charge is -2.19. The molecule has 1 aromatic carbocycles. The van der Waals surface area contributed by atoms with Crippen LogP contribution in [0.25, 0.3) is 17.0 Å². The Kier molecular flexibility index (Phi) is 5.29. The number of halogens is 1. The highest BCUT2D eigenvalue weighted by atomic mass is 35.5. The Morgan fingerprint density at radius 3 is 2.53 bits per heavy atom. The standard InChI is InChI=1S/C21H21ClN6OS/c1-21(2,3)14-6-4-13(5-7-14)19-25-26-20(28(19)23)30-12-16-10-18(29)27-11-15(22)8-9-17(27)24-16/h4-11H,12,23H2,1-3H3. The summed E-state index contributed by atoms with van der Waals surface area (Å²) in [5.41, 5.74) is 3.18. The quantitative estimate of drug-likeness (QED) is 0.382. The first-order valence-electron chi connectivity index (χ1n) is 9.34. The van der Waals surface area contributed by atoms with Crippen LogP contribution in [0.4, 0.5) is 0 Å². The third-order valence-corrected chi connectivity index (χ3v) is 5.90. The fourth-order valence-electron chi connectivity index (χ4n) is 3.03. The second-order valence-electron chi connectivity index (χ2n) is 7.95. The topological polar surface area (TPSA) is 91.1 Å². The van der Waals surface area contributed by atoms with Gasteiger partial charge in [-0.25, -0.2) is 9.66 Å². The Balaban J connectivity index is 1.54. The molecule has 0 radical (unpaired) electrons. The molecule has 0 amide bonds. The molecule has 0 atom stereocenters. The molecule has 2 N–H and O–H groups in total. The van der Waals surface area contributed by atoms with Gasteiger partial charge < -0.3 is 5.84 Å². The van der Waals surface area contributed by atoms with Crippen LogP contribution >= 0.6 is 23.4 Å². The predicted octanol–water partition coefficient (Wildman–Crippen LogP) is 3.91. The highest BCUT2D eigenvalue weighted by Crippen LogP contribution is 2.27. The number of pyridine rings is 1. The van der Waals surface area contributed by atoms with Crippen molar-refractivity contribution in [2.24, 2.45) is 0 Å². The van der Waals surface area contributed by atoms with Crippen LogP contribution in [-0.4, -0.2) is 24.3 Å². The van der Waals surface area contributed by atoms with Gasteiger partial charge in [-0.05, 0) is 23.1 Å². The van der Waals surface area contributed by atoms with Crippen LogP contribution in [-0.2, 0) is 11.2 Å². The van der Waals surface area contributed by atoms with Gasteiger partial charge in [0, 0.05) is 23.6 Å². The molecule has 4 aromatic rings. The zero-order valence-corrected chi connectivity index (χ0v) is 18.4. The second-order valence-corrected chi connectivity index (χ2v) is 9.33. The fraction of sp³-hybridized carbons (Fsp3) is 0.238. The van der Waals surface area contributed by atoms with Gasteiger partial charge in [0.1, 0.15) is 5.65 Å². The maximum atomic E-state index is 12.3. The summed E-state index contributed by atoms with van der Waals surface area (Å²) in [6.45, 7) is 6.51. The summed E-state index contributed by atoms with van der Waals surface area (Å²) in [7, 11) is 0. The lowest BCUT2D eigenvalue weighted by atomic mass is 9.87. The molecule has 0 spiro atoms. The van der Waals surface area contributed by atoms with Gasteiger partial charge in [0.25, 0.3) is 5.56 Å². The van der Waals surface area contributed by atoms with Crippen LogP contribution in [0.1, 0.15) is 32.0 Å². The van der Waals surface area contributed by atoms with Crippen LogP contribution < -0.4 is 11.4 Å². The predicted molar refractivity (Wildman–Crippen MR) is 120 cm³/mol. The number of benzene rings is 1. The van der Waals surface area contributed by atoms with Gasteiger partial charge in [0.15, 0.2) is 5.82 Å². The van der Waals surface area contributed by atoms with Crippen molar-refractivity contribution in [3.05, 3.63) is 75.3 Å². The molecule has 154 valence electrons. The molecule has 0 saturated carbocycles. The van der Waals surface area contributed by atoms with E-state index in [2.05, 4.69) is 48.1 Å². The number of thioether (sulfide) groups is 1. The monoisotopic (exact) mass is 440 g/mol. The van der Waals surface area contributed by atoms with Crippen molar-refractivity contribution in [1.29, 1.82) is 0 Å². The van der Waals surface area contributed by atoms with E-state index in [0.29, 0.717) is 33.1 Å². The first-order valence-corrected chi connectivity index (χ1v) is 10.7. The van der Waals surface area contributed by atoms with Gasteiger partial charge >= 0.3 is 0 Å². The van der Waals surface area contributed by atoms with Crippen LogP contribution in [0.2, 0.25) is 5.02 Å². The number of nitrogen functional groups attached to an aromatic ring is 1. The largest absolute Gasteiger partial charge is 0.335 e. The Bertz CT molecular complexity index is 1270. The summed E-state index contributed by atoms with van der Waals surface area (Å²) in [5.74, 6) is 7.25. The summed E-state index contributed by atoms with van der Waals surface area (Å²) < 4.78 is 2.88. The molecular formula is C21H21ClN6OS. The summed E-state index contributed by atoms with van der Waals surface area (Å²) in [5, 5.41) is 9.45. The molecule has 0 aliphatic rings. The minimum absolute atomic E-state index is 0.0762. The average molecular weight is 441 g/mol. The van der Waals surface area contributed by atoms with Crippen molar-refractivity contribution in [3.63, 3.8) is 0 Å². The molecule has 3 aromatic heterocycles. The summed E-state index contributed by atoms with van der Waals surface area (Å²) >= 11 is 7.32. The maximum Gasteiger partial charge on any atom is 0.258 e. The van der Waals surface area contributed by atoms with E-state index in [9.17, 15) is 4.79 Å². The van der Waals surface area contributed by atoms with E-state index in [1.807, 2.05) is 12.1 Å². The Labute approximate surface area is 182 Å². The molecule has 9 heteroatoms. The van der Waals surface area contributed by atoms with Crippen molar-refractivity contribution < 1.29 is 0 Å². The molecule has 0 bridgehead atoms. The van der Waals surface area contributed by atoms with Gasteiger partial charge in [-0.1, -0.05) is 68.4 Å². The second kappa shape index (κ2) is 7.77. The van der Waals surface area contributed by atoms with Crippen molar-refractivity contribution in [2.75, 3.05) is 5.84 Å². The van der Waals surface area contributed by atoms with Crippen molar-refractivity contribution in [2.45, 2.75) is 37.1 Å². The smallest absolute Gasteiger partial charge is 0.258 e. The number of nitrogens with zero attached hydrogens (tertiary/aromatic N) is 5. The van der Waals surface area contributed by atoms with Gasteiger partial charge in [-0.2, -0.15) is 0 Å². The van der Waals surface area contributed by atoms with E-state index in [-0.39, 0.29) is 11.0 Å². The molecule has 0 aliphatic carbocycles. The number of rotatable bonds is 4. The zero-order valence-electron chi connectivity index (χ0n) is 16.8. The number of nitrogens with two attached hydrogens (primary N) is 1. The molecule has 0 unspecified atom stereocenters. The normalized spacial score (nSPS) is 11.9. The third-order valence-electron chi connectivity index (χ3n) is 4.70. The van der Waals surface area contributed by atoms with E-state index in [4.69, 9.17) is 17.4 Å². The molecular weight excluding hydrogens is 420 g/mol. The third kappa shape index (κ3) is 4.06. The number of aromatic nitrogens is 5. The minimum atomic E-state index is -0.188. The lowest BCUT2D eigenvalue weighted by molar-refractivity contribution is 0.590. The van der Waals surface area contributed by atoms with Gasteiger partial charge in [-0.15, -0.1) is 10.2 Å². The van der Waals surface area contributed by atoms with Crippen LogP contribution in [0.3, 0.4) is 0 Å². The van der Waals surface area contributed by atoms with Crippen LogP contribution in [0.15, 0.2) is 58.6 Å². The molecule has 4 rings (SSSR count). The SMILES string of the molecule is CC(C)(C)c1ccc(-c2nnc(SCc3cc(=O)n4cc(Cl)ccc4n3)n2N)cc1. The molecule has 30 heavy (non-hydrogen) atoms. The highest BCUT2D eigenvalue weighted by molar-refractivity contribution is 7.98. The van der Waals surface area contributed by atoms with E-state index in [1.165, 1.54) is 32.5 Å². The minimum Gasteiger partial charge on any atom is -0.335 e. The Morgan fingerprint density at radius 2 is 1.83 bits per heavy atom. The van der Waals surface area contributed by atoms with Crippen LogP contribution in [0.5, 0.6) is 0 Å². The van der Waals surface area contributed by atoms with Crippen molar-refractivity contribution >= 4 is 29.0 Å². The average Bonchev–Trinajstić information content (AvgIpc) is 3.07. The Morgan fingerprint density at radius 1 is 1.10 bits per heavy atom. The number of hydrogen-bond acceptors (Lipinski definition) is 6.